The molecule has 0 aromatic rings. The summed E-state index contributed by atoms with van der Waals surface area (Å²) in [6.07, 6.45) is 2.11. The van der Waals surface area contributed by atoms with Gasteiger partial charge in [-0.25, -0.2) is 8.42 Å². The molecule has 0 saturated carbocycles. The van der Waals surface area contributed by atoms with Crippen molar-refractivity contribution in [1.29, 1.82) is 0 Å². The first-order valence-electron chi connectivity index (χ1n) is 6.41. The fraction of sp³-hybridized carbons (Fsp3) is 0.750. The molecule has 1 rings (SSSR count). The second kappa shape index (κ2) is 8.29. The molecule has 1 aliphatic rings. The molecule has 0 bridgehead atoms. The zero-order valence-electron chi connectivity index (χ0n) is 11.1. The highest BCUT2D eigenvalue weighted by Gasteiger charge is 2.14. The van der Waals surface area contributed by atoms with Crippen LogP contribution in [0.5, 0.6) is 0 Å². The number of carbonyl (C=O) groups is 1. The van der Waals surface area contributed by atoms with Crippen LogP contribution in [0.25, 0.3) is 0 Å². The number of nitrogens with zero attached hydrogens (tertiary/aromatic N) is 1. The van der Waals surface area contributed by atoms with E-state index in [4.69, 9.17) is 4.74 Å². The molecular weight excluding hydrogens is 268 g/mol. The van der Waals surface area contributed by atoms with Gasteiger partial charge in [0.25, 0.3) is 0 Å². The van der Waals surface area contributed by atoms with Crippen LogP contribution < -0.4 is 5.32 Å². The zero-order chi connectivity index (χ0) is 14.1. The lowest BCUT2D eigenvalue weighted by Gasteiger charge is -2.26. The van der Waals surface area contributed by atoms with Gasteiger partial charge in [0, 0.05) is 19.6 Å². The normalized spacial score (nSPS) is 17.1. The van der Waals surface area contributed by atoms with Crippen molar-refractivity contribution < 1.29 is 17.9 Å². The Morgan fingerprint density at radius 1 is 1.37 bits per heavy atom. The van der Waals surface area contributed by atoms with Gasteiger partial charge in [0.15, 0.2) is 9.84 Å². The maximum atomic E-state index is 11.4. The number of amides is 1. The lowest BCUT2D eigenvalue weighted by Crippen LogP contribution is -2.38. The third kappa shape index (κ3) is 7.29. The van der Waals surface area contributed by atoms with E-state index in [1.165, 1.54) is 6.08 Å². The van der Waals surface area contributed by atoms with Crippen molar-refractivity contribution >= 4 is 15.7 Å². The monoisotopic (exact) mass is 290 g/mol. The maximum Gasteiger partial charge on any atom is 0.235 e. The first-order valence-corrected chi connectivity index (χ1v) is 8.24. The molecule has 0 aromatic heterocycles. The molecule has 0 atom stereocenters. The molecule has 0 spiro atoms. The molecule has 1 fully saturated rings. The number of sulfone groups is 1. The number of carbonyl (C=O) groups excluding carboxylic acids is 1. The van der Waals surface area contributed by atoms with Crippen LogP contribution in [0, 0.1) is 0 Å². The smallest absolute Gasteiger partial charge is 0.235 e. The quantitative estimate of drug-likeness (QED) is 0.478. The highest BCUT2D eigenvalue weighted by atomic mass is 32.2. The van der Waals surface area contributed by atoms with Gasteiger partial charge in [0.2, 0.25) is 5.91 Å². The second-order valence-corrected chi connectivity index (χ2v) is 6.61. The average molecular weight is 290 g/mol. The van der Waals surface area contributed by atoms with Crippen molar-refractivity contribution in [3.8, 4) is 0 Å². The van der Waals surface area contributed by atoms with Crippen LogP contribution in [-0.2, 0) is 19.4 Å². The van der Waals surface area contributed by atoms with Crippen molar-refractivity contribution in [2.24, 2.45) is 0 Å². The highest BCUT2D eigenvalue weighted by Crippen LogP contribution is 1.97. The van der Waals surface area contributed by atoms with E-state index >= 15 is 0 Å². The van der Waals surface area contributed by atoms with Gasteiger partial charge in [0.1, 0.15) is 5.75 Å². The van der Waals surface area contributed by atoms with E-state index in [2.05, 4.69) is 16.8 Å². The lowest BCUT2D eigenvalue weighted by molar-refractivity contribution is -0.118. The number of rotatable bonds is 8. The number of hydrogen-bond acceptors (Lipinski definition) is 5. The van der Waals surface area contributed by atoms with Gasteiger partial charge in [-0.2, -0.15) is 0 Å². The fourth-order valence-electron chi connectivity index (χ4n) is 1.84. The summed E-state index contributed by atoms with van der Waals surface area (Å²) in [7, 11) is -3.35. The molecule has 6 nitrogen and oxygen atoms in total. The van der Waals surface area contributed by atoms with Crippen LogP contribution in [0.15, 0.2) is 12.7 Å². The Balaban J connectivity index is 2.11. The number of ether oxygens (including phenoxy) is 1. The predicted molar refractivity (Wildman–Crippen MR) is 73.7 cm³/mol. The number of morpholine rings is 1. The van der Waals surface area contributed by atoms with Crippen molar-refractivity contribution in [2.75, 3.05) is 50.9 Å². The summed E-state index contributed by atoms with van der Waals surface area (Å²) >= 11 is 0. The summed E-state index contributed by atoms with van der Waals surface area (Å²) in [5, 5.41) is 2.63. The molecule has 1 N–H and O–H groups in total. The molecule has 0 radical (unpaired) electrons. The molecule has 1 amide bonds. The standard InChI is InChI=1S/C12H22N2O4S/c1-2-10-19(16,17)11-12(15)13-4-3-5-14-6-8-18-9-7-14/h2H,1,3-11H2,(H,13,15). The van der Waals surface area contributed by atoms with E-state index in [-0.39, 0.29) is 5.75 Å². The van der Waals surface area contributed by atoms with E-state index in [9.17, 15) is 13.2 Å². The van der Waals surface area contributed by atoms with Crippen LogP contribution in [0.4, 0.5) is 0 Å². The number of hydrogen-bond donors (Lipinski definition) is 1. The van der Waals surface area contributed by atoms with Gasteiger partial charge in [-0.05, 0) is 13.0 Å². The Labute approximate surface area is 114 Å². The SMILES string of the molecule is C=CCS(=O)(=O)CC(=O)NCCCN1CCOCC1. The van der Waals surface area contributed by atoms with Crippen molar-refractivity contribution in [2.45, 2.75) is 6.42 Å². The molecule has 7 heteroatoms. The molecule has 0 aliphatic carbocycles. The molecule has 0 unspecified atom stereocenters. The highest BCUT2D eigenvalue weighted by molar-refractivity contribution is 7.92. The van der Waals surface area contributed by atoms with Gasteiger partial charge in [-0.3, -0.25) is 9.69 Å². The largest absolute Gasteiger partial charge is 0.379 e. The van der Waals surface area contributed by atoms with Crippen LogP contribution in [0.1, 0.15) is 6.42 Å². The molecule has 0 aromatic carbocycles. The lowest BCUT2D eigenvalue weighted by atomic mass is 10.3. The second-order valence-electron chi connectivity index (χ2n) is 4.50. The Kier molecular flexibility index (Phi) is 7.04. The Morgan fingerprint density at radius 3 is 2.68 bits per heavy atom. The van der Waals surface area contributed by atoms with E-state index in [1.54, 1.807) is 0 Å². The van der Waals surface area contributed by atoms with Crippen molar-refractivity contribution in [3.05, 3.63) is 12.7 Å². The van der Waals surface area contributed by atoms with Crippen LogP contribution in [-0.4, -0.2) is 70.1 Å². The number of nitrogens with one attached hydrogen (secondary N) is 1. The maximum absolute atomic E-state index is 11.4. The van der Waals surface area contributed by atoms with Crippen molar-refractivity contribution in [1.82, 2.24) is 10.2 Å². The molecular formula is C12H22N2O4S. The minimum Gasteiger partial charge on any atom is -0.379 e. The molecule has 19 heavy (non-hydrogen) atoms. The molecule has 110 valence electrons. The summed E-state index contributed by atoms with van der Waals surface area (Å²) in [5.41, 5.74) is 0. The van der Waals surface area contributed by atoms with Gasteiger partial charge < -0.3 is 10.1 Å². The van der Waals surface area contributed by atoms with E-state index in [1.807, 2.05) is 0 Å². The Bertz CT molecular complexity index is 389. The molecule has 1 heterocycles. The summed E-state index contributed by atoms with van der Waals surface area (Å²) in [5.74, 6) is -1.06. The topological polar surface area (TPSA) is 75.7 Å². The van der Waals surface area contributed by atoms with Crippen LogP contribution >= 0.6 is 0 Å². The summed E-state index contributed by atoms with van der Waals surface area (Å²) in [6, 6.07) is 0. The zero-order valence-corrected chi connectivity index (χ0v) is 12.0. The molecule has 1 saturated heterocycles. The van der Waals surface area contributed by atoms with E-state index < -0.39 is 21.5 Å². The van der Waals surface area contributed by atoms with Gasteiger partial charge in [-0.1, -0.05) is 6.08 Å². The molecule has 1 aliphatic heterocycles. The van der Waals surface area contributed by atoms with E-state index in [0.717, 1.165) is 39.3 Å². The summed E-state index contributed by atoms with van der Waals surface area (Å²) < 4.78 is 28.0. The van der Waals surface area contributed by atoms with Gasteiger partial charge >= 0.3 is 0 Å². The first kappa shape index (κ1) is 16.1. The minimum absolute atomic E-state index is 0.159. The fourth-order valence-corrected chi connectivity index (χ4v) is 2.82. The van der Waals surface area contributed by atoms with Gasteiger partial charge in [-0.15, -0.1) is 6.58 Å². The first-order chi connectivity index (χ1) is 9.03. The van der Waals surface area contributed by atoms with Crippen molar-refractivity contribution in [3.63, 3.8) is 0 Å². The Morgan fingerprint density at radius 2 is 2.05 bits per heavy atom. The average Bonchev–Trinajstić information content (AvgIpc) is 2.35. The minimum atomic E-state index is -3.35. The third-order valence-corrected chi connectivity index (χ3v) is 4.25. The predicted octanol–water partition coefficient (Wildman–Crippen LogP) is -0.574. The van der Waals surface area contributed by atoms with Crippen LogP contribution in [0.2, 0.25) is 0 Å². The third-order valence-electron chi connectivity index (χ3n) is 2.80. The van der Waals surface area contributed by atoms with E-state index in [0.29, 0.717) is 6.54 Å². The Hall–Kier alpha value is -0.920. The summed E-state index contributed by atoms with van der Waals surface area (Å²) in [6.45, 7) is 8.09. The van der Waals surface area contributed by atoms with Gasteiger partial charge in [0.05, 0.1) is 19.0 Å². The summed E-state index contributed by atoms with van der Waals surface area (Å²) in [4.78, 5) is 13.7. The van der Waals surface area contributed by atoms with Crippen LogP contribution in [0.3, 0.4) is 0 Å².